The van der Waals surface area contributed by atoms with Gasteiger partial charge in [0.25, 0.3) is 5.91 Å². The second-order valence-corrected chi connectivity index (χ2v) is 8.49. The van der Waals surface area contributed by atoms with E-state index < -0.39 is 11.3 Å². The minimum Gasteiger partial charge on any atom is -0.493 e. The van der Waals surface area contributed by atoms with Crippen LogP contribution in [0, 0.1) is 5.41 Å². The lowest BCUT2D eigenvalue weighted by Crippen LogP contribution is -2.50. The Kier molecular flexibility index (Phi) is 6.62. The van der Waals surface area contributed by atoms with Gasteiger partial charge in [-0.15, -0.1) is 0 Å². The van der Waals surface area contributed by atoms with Crippen LogP contribution < -0.4 is 10.5 Å². The van der Waals surface area contributed by atoms with Gasteiger partial charge in [-0.1, -0.05) is 23.7 Å². The fraction of sp³-hybridized carbons (Fsp3) is 0.333. The molecule has 1 fully saturated rings. The van der Waals surface area contributed by atoms with Crippen LogP contribution in [0.25, 0.3) is 0 Å². The molecule has 0 aromatic heterocycles. The molecule has 0 radical (unpaired) electrons. The molecule has 2 N–H and O–H groups in total. The first-order valence-electron chi connectivity index (χ1n) is 9.09. The number of primary amides is 1. The highest BCUT2D eigenvalue weighted by atomic mass is 79.9. The van der Waals surface area contributed by atoms with Crippen LogP contribution in [0.15, 0.2) is 53.0 Å². The van der Waals surface area contributed by atoms with Gasteiger partial charge in [0.2, 0.25) is 5.91 Å². The minimum atomic E-state index is -0.513. The zero-order chi connectivity index (χ0) is 20.1. The lowest BCUT2D eigenvalue weighted by atomic mass is 9.77. The molecule has 28 heavy (non-hydrogen) atoms. The average Bonchev–Trinajstić information content (AvgIpc) is 2.67. The quantitative estimate of drug-likeness (QED) is 0.692. The third kappa shape index (κ3) is 5.06. The fourth-order valence-corrected chi connectivity index (χ4v) is 4.22. The maximum Gasteiger partial charge on any atom is 0.255 e. The van der Waals surface area contributed by atoms with E-state index >= 15 is 0 Å². The average molecular weight is 466 g/mol. The number of nitrogens with two attached hydrogens (primary N) is 1. The highest BCUT2D eigenvalue weighted by Gasteiger charge is 2.39. The summed E-state index contributed by atoms with van der Waals surface area (Å²) in [6.07, 6.45) is 1.72. The van der Waals surface area contributed by atoms with Crippen molar-refractivity contribution in [2.24, 2.45) is 11.1 Å². The zero-order valence-electron chi connectivity index (χ0n) is 15.4. The Morgan fingerprint density at radius 2 is 1.89 bits per heavy atom. The van der Waals surface area contributed by atoms with Crippen molar-refractivity contribution in [3.63, 3.8) is 0 Å². The van der Waals surface area contributed by atoms with E-state index in [1.807, 2.05) is 18.2 Å². The van der Waals surface area contributed by atoms with E-state index in [1.165, 1.54) is 0 Å². The van der Waals surface area contributed by atoms with Gasteiger partial charge >= 0.3 is 0 Å². The number of benzene rings is 2. The minimum absolute atomic E-state index is 0.0625. The van der Waals surface area contributed by atoms with Crippen LogP contribution in [0.1, 0.15) is 29.6 Å². The number of rotatable bonds is 6. The Balaban J connectivity index is 1.77. The van der Waals surface area contributed by atoms with E-state index in [2.05, 4.69) is 15.9 Å². The molecule has 2 aromatic carbocycles. The van der Waals surface area contributed by atoms with Gasteiger partial charge in [0.1, 0.15) is 5.75 Å². The number of ether oxygens (including phenoxy) is 1. The van der Waals surface area contributed by atoms with Crippen LogP contribution in [0.3, 0.4) is 0 Å². The summed E-state index contributed by atoms with van der Waals surface area (Å²) in [5, 5.41) is 0.627. The third-order valence-corrected chi connectivity index (χ3v) is 5.90. The lowest BCUT2D eigenvalue weighted by molar-refractivity contribution is -0.122. The Hall–Kier alpha value is -2.05. The number of nitrogens with zero attached hydrogens (tertiary/aromatic N) is 1. The number of piperidine rings is 1. The summed E-state index contributed by atoms with van der Waals surface area (Å²) in [6.45, 7) is 1.36. The Morgan fingerprint density at radius 1 is 1.18 bits per heavy atom. The second-order valence-electron chi connectivity index (χ2n) is 7.20. The normalized spacial score (nSPS) is 19.3. The molecule has 5 nitrogen and oxygen atoms in total. The molecule has 1 heterocycles. The van der Waals surface area contributed by atoms with E-state index in [1.54, 1.807) is 35.2 Å². The summed E-state index contributed by atoms with van der Waals surface area (Å²) in [6, 6.07) is 14.4. The van der Waals surface area contributed by atoms with E-state index in [-0.39, 0.29) is 12.3 Å². The van der Waals surface area contributed by atoms with E-state index in [9.17, 15) is 9.59 Å². The molecule has 148 valence electrons. The number of likely N-dealkylation sites (tertiary alicyclic amines) is 1. The molecule has 1 aliphatic heterocycles. The molecule has 0 bridgehead atoms. The Labute approximate surface area is 177 Å². The van der Waals surface area contributed by atoms with Crippen molar-refractivity contribution in [2.75, 3.05) is 19.7 Å². The third-order valence-electron chi connectivity index (χ3n) is 4.96. The summed E-state index contributed by atoms with van der Waals surface area (Å²) in [7, 11) is 0. The van der Waals surface area contributed by atoms with Crippen molar-refractivity contribution < 1.29 is 14.3 Å². The molecule has 3 rings (SSSR count). The van der Waals surface area contributed by atoms with Crippen molar-refractivity contribution in [3.8, 4) is 5.75 Å². The maximum atomic E-state index is 13.0. The standard InChI is InChI=1S/C21H22BrClN2O3/c22-18-5-2-1-4-17(18)20(27)25-11-3-10-21(13-25,12-19(24)26)14-28-16-8-6-15(23)7-9-16/h1-2,4-9H,3,10-14H2,(H2,24,26). The lowest BCUT2D eigenvalue weighted by Gasteiger charge is -2.42. The maximum absolute atomic E-state index is 13.0. The first-order valence-corrected chi connectivity index (χ1v) is 10.3. The molecule has 2 amide bonds. The number of halogens is 2. The smallest absolute Gasteiger partial charge is 0.255 e. The van der Waals surface area contributed by atoms with Crippen molar-refractivity contribution in [1.82, 2.24) is 4.90 Å². The van der Waals surface area contributed by atoms with Crippen molar-refractivity contribution in [2.45, 2.75) is 19.3 Å². The first kappa shape index (κ1) is 20.7. The summed E-state index contributed by atoms with van der Waals surface area (Å²) in [5.74, 6) is 0.213. The van der Waals surface area contributed by atoms with Crippen LogP contribution in [0.5, 0.6) is 5.75 Å². The van der Waals surface area contributed by atoms with Crippen LogP contribution in [-0.2, 0) is 4.79 Å². The summed E-state index contributed by atoms with van der Waals surface area (Å²) < 4.78 is 6.70. The number of carbonyl (C=O) groups excluding carboxylic acids is 2. The zero-order valence-corrected chi connectivity index (χ0v) is 17.7. The molecular weight excluding hydrogens is 444 g/mol. The van der Waals surface area contributed by atoms with Gasteiger partial charge in [0.15, 0.2) is 0 Å². The fourth-order valence-electron chi connectivity index (χ4n) is 3.64. The number of carbonyl (C=O) groups is 2. The summed E-state index contributed by atoms with van der Waals surface area (Å²) in [4.78, 5) is 26.6. The second kappa shape index (κ2) is 8.97. The molecule has 7 heteroatoms. The van der Waals surface area contributed by atoms with Crippen molar-refractivity contribution in [1.29, 1.82) is 0 Å². The van der Waals surface area contributed by atoms with Gasteiger partial charge in [-0.2, -0.15) is 0 Å². The Bertz CT molecular complexity index is 859. The Morgan fingerprint density at radius 3 is 2.57 bits per heavy atom. The molecule has 1 saturated heterocycles. The largest absolute Gasteiger partial charge is 0.493 e. The molecule has 0 spiro atoms. The molecular formula is C21H22BrClN2O3. The van der Waals surface area contributed by atoms with Gasteiger partial charge in [0, 0.05) is 34.4 Å². The van der Waals surface area contributed by atoms with Gasteiger partial charge in [-0.05, 0) is 65.2 Å². The van der Waals surface area contributed by atoms with Crippen LogP contribution >= 0.6 is 27.5 Å². The van der Waals surface area contributed by atoms with Crippen molar-refractivity contribution >= 4 is 39.3 Å². The van der Waals surface area contributed by atoms with Crippen LogP contribution in [0.4, 0.5) is 0 Å². The number of hydrogen-bond donors (Lipinski definition) is 1. The predicted molar refractivity (Wildman–Crippen MR) is 112 cm³/mol. The van der Waals surface area contributed by atoms with Crippen LogP contribution in [-0.4, -0.2) is 36.4 Å². The first-order chi connectivity index (χ1) is 13.4. The van der Waals surface area contributed by atoms with Gasteiger partial charge in [0.05, 0.1) is 12.2 Å². The van der Waals surface area contributed by atoms with Gasteiger partial charge < -0.3 is 15.4 Å². The monoisotopic (exact) mass is 464 g/mol. The predicted octanol–water partition coefficient (Wildman–Crippen LogP) is 4.28. The molecule has 0 saturated carbocycles. The number of amides is 2. The summed E-state index contributed by atoms with van der Waals surface area (Å²) in [5.41, 5.74) is 5.63. The van der Waals surface area contributed by atoms with Crippen molar-refractivity contribution in [3.05, 3.63) is 63.6 Å². The molecule has 1 aliphatic rings. The molecule has 0 aliphatic carbocycles. The number of hydrogen-bond acceptors (Lipinski definition) is 3. The topological polar surface area (TPSA) is 72.6 Å². The van der Waals surface area contributed by atoms with E-state index in [4.69, 9.17) is 22.1 Å². The van der Waals surface area contributed by atoms with E-state index in [0.29, 0.717) is 36.0 Å². The molecule has 2 aromatic rings. The highest BCUT2D eigenvalue weighted by molar-refractivity contribution is 9.10. The highest BCUT2D eigenvalue weighted by Crippen LogP contribution is 2.35. The van der Waals surface area contributed by atoms with Crippen LogP contribution in [0.2, 0.25) is 5.02 Å². The molecule has 1 atom stereocenters. The van der Waals surface area contributed by atoms with Gasteiger partial charge in [-0.25, -0.2) is 0 Å². The SMILES string of the molecule is NC(=O)CC1(COc2ccc(Cl)cc2)CCCN(C(=O)c2ccccc2Br)C1. The van der Waals surface area contributed by atoms with E-state index in [0.717, 1.165) is 17.3 Å². The molecule has 1 unspecified atom stereocenters. The van der Waals surface area contributed by atoms with Gasteiger partial charge in [-0.3, -0.25) is 9.59 Å². The summed E-state index contributed by atoms with van der Waals surface area (Å²) >= 11 is 9.36.